The van der Waals surface area contributed by atoms with Crippen molar-refractivity contribution in [3.63, 3.8) is 0 Å². The third-order valence-electron chi connectivity index (χ3n) is 2.79. The van der Waals surface area contributed by atoms with Crippen LogP contribution in [0.5, 0.6) is 0 Å². The van der Waals surface area contributed by atoms with E-state index in [-0.39, 0.29) is 5.91 Å². The number of nitrogens with one attached hydrogen (secondary N) is 1. The van der Waals surface area contributed by atoms with Crippen molar-refractivity contribution in [1.82, 2.24) is 15.3 Å². The summed E-state index contributed by atoms with van der Waals surface area (Å²) in [5, 5.41) is 2.76. The zero-order valence-corrected chi connectivity index (χ0v) is 10.0. The molecule has 1 amide bonds. The minimum Gasteiger partial charge on any atom is -0.354 e. The molecule has 1 aliphatic rings. The van der Waals surface area contributed by atoms with Gasteiger partial charge in [-0.15, -0.1) is 0 Å². The first-order valence-corrected chi connectivity index (χ1v) is 6.01. The first-order chi connectivity index (χ1) is 8.16. The lowest BCUT2D eigenvalue weighted by molar-refractivity contribution is -0.121. The summed E-state index contributed by atoms with van der Waals surface area (Å²) in [5.74, 6) is 1.41. The molecule has 0 aliphatic heterocycles. The zero-order chi connectivity index (χ0) is 12.3. The SMILES string of the molecule is C[C@@H](N)C(=O)NCCc1cnc(C2CC2)nc1. The molecule has 5 nitrogen and oxygen atoms in total. The summed E-state index contributed by atoms with van der Waals surface area (Å²) in [6.45, 7) is 2.25. The molecule has 3 N–H and O–H groups in total. The van der Waals surface area contributed by atoms with Gasteiger partial charge in [0.25, 0.3) is 0 Å². The average Bonchev–Trinajstić information content (AvgIpc) is 3.13. The average molecular weight is 234 g/mol. The van der Waals surface area contributed by atoms with E-state index >= 15 is 0 Å². The lowest BCUT2D eigenvalue weighted by Crippen LogP contribution is -2.39. The van der Waals surface area contributed by atoms with Gasteiger partial charge in [-0.25, -0.2) is 9.97 Å². The minimum atomic E-state index is -0.455. The largest absolute Gasteiger partial charge is 0.354 e. The maximum absolute atomic E-state index is 11.2. The van der Waals surface area contributed by atoms with Crippen molar-refractivity contribution in [2.24, 2.45) is 5.73 Å². The molecule has 1 saturated carbocycles. The van der Waals surface area contributed by atoms with E-state index in [4.69, 9.17) is 5.73 Å². The number of nitrogens with two attached hydrogens (primary N) is 1. The number of hydrogen-bond donors (Lipinski definition) is 2. The maximum atomic E-state index is 11.2. The first kappa shape index (κ1) is 12.0. The van der Waals surface area contributed by atoms with Gasteiger partial charge in [-0.05, 0) is 31.7 Å². The van der Waals surface area contributed by atoms with Crippen molar-refractivity contribution in [3.8, 4) is 0 Å². The van der Waals surface area contributed by atoms with Crippen LogP contribution in [0.25, 0.3) is 0 Å². The highest BCUT2D eigenvalue weighted by Crippen LogP contribution is 2.37. The number of carbonyl (C=O) groups is 1. The van der Waals surface area contributed by atoms with Gasteiger partial charge in [0, 0.05) is 24.9 Å². The fraction of sp³-hybridized carbons (Fsp3) is 0.583. The van der Waals surface area contributed by atoms with Crippen LogP contribution in [-0.2, 0) is 11.2 Å². The van der Waals surface area contributed by atoms with Gasteiger partial charge in [-0.2, -0.15) is 0 Å². The third-order valence-corrected chi connectivity index (χ3v) is 2.79. The lowest BCUT2D eigenvalue weighted by Gasteiger charge is -2.07. The molecular weight excluding hydrogens is 216 g/mol. The van der Waals surface area contributed by atoms with Gasteiger partial charge in [-0.3, -0.25) is 4.79 Å². The van der Waals surface area contributed by atoms with E-state index in [0.717, 1.165) is 17.8 Å². The fourth-order valence-corrected chi connectivity index (χ4v) is 1.54. The number of carbonyl (C=O) groups excluding carboxylic acids is 1. The van der Waals surface area contributed by atoms with Gasteiger partial charge in [0.15, 0.2) is 0 Å². The van der Waals surface area contributed by atoms with Gasteiger partial charge >= 0.3 is 0 Å². The molecule has 5 heteroatoms. The van der Waals surface area contributed by atoms with Crippen molar-refractivity contribution < 1.29 is 4.79 Å². The van der Waals surface area contributed by atoms with E-state index in [0.29, 0.717) is 12.5 Å². The molecule has 0 bridgehead atoms. The summed E-state index contributed by atoms with van der Waals surface area (Å²) in [7, 11) is 0. The van der Waals surface area contributed by atoms with E-state index in [2.05, 4.69) is 15.3 Å². The van der Waals surface area contributed by atoms with Gasteiger partial charge in [-0.1, -0.05) is 0 Å². The molecular formula is C12H18N4O. The highest BCUT2D eigenvalue weighted by atomic mass is 16.2. The molecule has 1 heterocycles. The number of hydrogen-bond acceptors (Lipinski definition) is 4. The van der Waals surface area contributed by atoms with E-state index < -0.39 is 6.04 Å². The second kappa shape index (κ2) is 5.23. The molecule has 1 atom stereocenters. The highest BCUT2D eigenvalue weighted by molar-refractivity contribution is 5.80. The molecule has 1 fully saturated rings. The number of nitrogens with zero attached hydrogens (tertiary/aromatic N) is 2. The van der Waals surface area contributed by atoms with Crippen molar-refractivity contribution in [3.05, 3.63) is 23.8 Å². The molecule has 1 aliphatic carbocycles. The Morgan fingerprint density at radius 1 is 1.53 bits per heavy atom. The normalized spacial score (nSPS) is 16.6. The van der Waals surface area contributed by atoms with Crippen LogP contribution in [0.3, 0.4) is 0 Å². The molecule has 0 spiro atoms. The van der Waals surface area contributed by atoms with Crippen LogP contribution in [0.2, 0.25) is 0 Å². The maximum Gasteiger partial charge on any atom is 0.236 e. The Labute approximate surface area is 101 Å². The minimum absolute atomic E-state index is 0.125. The van der Waals surface area contributed by atoms with E-state index in [1.165, 1.54) is 12.8 Å². The Hall–Kier alpha value is -1.49. The molecule has 2 rings (SSSR count). The molecule has 0 saturated heterocycles. The molecule has 1 aromatic heterocycles. The predicted octanol–water partition coefficient (Wildman–Crippen LogP) is 0.360. The van der Waals surface area contributed by atoms with Crippen LogP contribution in [0.4, 0.5) is 0 Å². The van der Waals surface area contributed by atoms with Gasteiger partial charge in [0.1, 0.15) is 5.82 Å². The first-order valence-electron chi connectivity index (χ1n) is 6.01. The summed E-state index contributed by atoms with van der Waals surface area (Å²) in [5.41, 5.74) is 6.48. The summed E-state index contributed by atoms with van der Waals surface area (Å²) in [6, 6.07) is -0.455. The Balaban J connectivity index is 1.77. The van der Waals surface area contributed by atoms with Crippen molar-refractivity contribution in [2.45, 2.75) is 38.1 Å². The molecule has 92 valence electrons. The van der Waals surface area contributed by atoms with Gasteiger partial charge < -0.3 is 11.1 Å². The van der Waals surface area contributed by atoms with Crippen LogP contribution in [0.1, 0.15) is 37.1 Å². The second-order valence-corrected chi connectivity index (χ2v) is 4.55. The monoisotopic (exact) mass is 234 g/mol. The Morgan fingerprint density at radius 2 is 2.18 bits per heavy atom. The molecule has 17 heavy (non-hydrogen) atoms. The smallest absolute Gasteiger partial charge is 0.236 e. The van der Waals surface area contributed by atoms with E-state index in [9.17, 15) is 4.79 Å². The van der Waals surface area contributed by atoms with Crippen molar-refractivity contribution >= 4 is 5.91 Å². The van der Waals surface area contributed by atoms with Gasteiger partial charge in [0.05, 0.1) is 6.04 Å². The van der Waals surface area contributed by atoms with Gasteiger partial charge in [0.2, 0.25) is 5.91 Å². The Kier molecular flexibility index (Phi) is 3.68. The quantitative estimate of drug-likeness (QED) is 0.770. The summed E-state index contributed by atoms with van der Waals surface area (Å²) >= 11 is 0. The van der Waals surface area contributed by atoms with Crippen LogP contribution >= 0.6 is 0 Å². The highest BCUT2D eigenvalue weighted by Gasteiger charge is 2.25. The second-order valence-electron chi connectivity index (χ2n) is 4.55. The lowest BCUT2D eigenvalue weighted by atomic mass is 10.2. The number of rotatable bonds is 5. The number of aromatic nitrogens is 2. The number of amides is 1. The summed E-state index contributed by atoms with van der Waals surface area (Å²) in [4.78, 5) is 19.9. The van der Waals surface area contributed by atoms with Crippen LogP contribution < -0.4 is 11.1 Å². The molecule has 1 aromatic rings. The van der Waals surface area contributed by atoms with E-state index in [1.54, 1.807) is 6.92 Å². The third kappa shape index (κ3) is 3.49. The standard InChI is InChI=1S/C12H18N4O/c1-8(13)12(17)14-5-4-9-6-15-11(16-7-9)10-2-3-10/h6-8,10H,2-5,13H2,1H3,(H,14,17)/t8-/m1/s1. The van der Waals surface area contributed by atoms with Crippen LogP contribution in [0.15, 0.2) is 12.4 Å². The molecule has 0 radical (unpaired) electrons. The fourth-order valence-electron chi connectivity index (χ4n) is 1.54. The molecule has 0 aromatic carbocycles. The Morgan fingerprint density at radius 3 is 2.71 bits per heavy atom. The topological polar surface area (TPSA) is 80.9 Å². The van der Waals surface area contributed by atoms with Crippen LogP contribution in [0, 0.1) is 0 Å². The summed E-state index contributed by atoms with van der Waals surface area (Å²) < 4.78 is 0. The Bertz CT molecular complexity index is 384. The summed E-state index contributed by atoms with van der Waals surface area (Å²) in [6.07, 6.45) is 6.86. The van der Waals surface area contributed by atoms with Crippen molar-refractivity contribution in [2.75, 3.05) is 6.54 Å². The van der Waals surface area contributed by atoms with Crippen LogP contribution in [-0.4, -0.2) is 28.5 Å². The zero-order valence-electron chi connectivity index (χ0n) is 10.0. The van der Waals surface area contributed by atoms with Crippen molar-refractivity contribution in [1.29, 1.82) is 0 Å². The predicted molar refractivity (Wildman–Crippen MR) is 64.4 cm³/mol. The van der Waals surface area contributed by atoms with E-state index in [1.807, 2.05) is 12.4 Å². The molecule has 0 unspecified atom stereocenters.